The minimum atomic E-state index is -0.523. The Bertz CT molecular complexity index is 1570. The summed E-state index contributed by atoms with van der Waals surface area (Å²) >= 11 is 0. The molecule has 2 heterocycles. The SMILES string of the molecule is CC(=O)NCc1cccc(-c2cccc([C@H]3O[C@@H](CN4CCN(Cc5ccccc5)CC4)[C@@H](C)[C@@H](c4ccc(CO)cc4)O3)c2)c1. The van der Waals surface area contributed by atoms with Crippen LogP contribution in [-0.4, -0.2) is 59.6 Å². The Balaban J connectivity index is 1.20. The number of nitrogens with zero attached hydrogens (tertiary/aromatic N) is 2. The Kier molecular flexibility index (Phi) is 10.6. The lowest BCUT2D eigenvalue weighted by atomic mass is 9.89. The molecule has 2 saturated heterocycles. The van der Waals surface area contributed by atoms with Gasteiger partial charge in [-0.3, -0.25) is 14.6 Å². The molecule has 0 radical (unpaired) electrons. The van der Waals surface area contributed by atoms with Gasteiger partial charge < -0.3 is 19.9 Å². The van der Waals surface area contributed by atoms with Crippen LogP contribution in [-0.2, 0) is 34.0 Å². The quantitative estimate of drug-likeness (QED) is 0.224. The maximum absolute atomic E-state index is 11.5. The van der Waals surface area contributed by atoms with Crippen molar-refractivity contribution in [1.29, 1.82) is 0 Å². The Labute approximate surface area is 272 Å². The second-order valence-electron chi connectivity index (χ2n) is 12.6. The highest BCUT2D eigenvalue weighted by molar-refractivity contribution is 5.73. The fourth-order valence-corrected chi connectivity index (χ4v) is 6.51. The summed E-state index contributed by atoms with van der Waals surface area (Å²) in [4.78, 5) is 16.5. The van der Waals surface area contributed by atoms with Gasteiger partial charge in [-0.1, -0.05) is 97.9 Å². The molecule has 0 unspecified atom stereocenters. The van der Waals surface area contributed by atoms with Crippen LogP contribution in [0.4, 0.5) is 0 Å². The van der Waals surface area contributed by atoms with E-state index in [1.54, 1.807) is 0 Å². The van der Waals surface area contributed by atoms with Crippen molar-refractivity contribution in [1.82, 2.24) is 15.1 Å². The molecule has 240 valence electrons. The van der Waals surface area contributed by atoms with Crippen LogP contribution in [0.1, 0.15) is 54.1 Å². The first-order valence-corrected chi connectivity index (χ1v) is 16.4. The van der Waals surface area contributed by atoms with Crippen molar-refractivity contribution >= 4 is 5.91 Å². The van der Waals surface area contributed by atoms with Gasteiger partial charge in [0.05, 0.1) is 18.8 Å². The predicted molar refractivity (Wildman–Crippen MR) is 181 cm³/mol. The number of rotatable bonds is 10. The summed E-state index contributed by atoms with van der Waals surface area (Å²) in [6.07, 6.45) is -0.697. The molecule has 2 N–H and O–H groups in total. The first-order valence-electron chi connectivity index (χ1n) is 16.4. The Morgan fingerprint density at radius 1 is 0.761 bits per heavy atom. The number of aliphatic hydroxyl groups excluding tert-OH is 1. The van der Waals surface area contributed by atoms with Crippen LogP contribution in [0, 0.1) is 5.92 Å². The molecule has 7 nitrogen and oxygen atoms in total. The standard InChI is InChI=1S/C39H45N3O4/c1-28-37(26-42-20-18-41(19-21-42)25-30-8-4-3-5-9-30)45-39(46-38(28)33-16-14-31(27-43)15-17-33)36-13-7-12-35(23-36)34-11-6-10-32(22-34)24-40-29(2)44/h3-17,22-23,28,37-39,43H,18-21,24-27H2,1-2H3,(H,40,44)/t28-,37+,38+,39+/m1/s1. The van der Waals surface area contributed by atoms with E-state index < -0.39 is 6.29 Å². The molecular formula is C39H45N3O4. The van der Waals surface area contributed by atoms with Gasteiger partial charge in [0.25, 0.3) is 0 Å². The lowest BCUT2D eigenvalue weighted by Gasteiger charge is -2.44. The number of benzene rings is 4. The summed E-state index contributed by atoms with van der Waals surface area (Å²) in [5, 5.41) is 12.5. The van der Waals surface area contributed by atoms with Gasteiger partial charge in [-0.2, -0.15) is 0 Å². The Morgan fingerprint density at radius 2 is 1.43 bits per heavy atom. The molecule has 2 aliphatic heterocycles. The van der Waals surface area contributed by atoms with Crippen molar-refractivity contribution < 1.29 is 19.4 Å². The molecule has 46 heavy (non-hydrogen) atoms. The number of piperazine rings is 1. The van der Waals surface area contributed by atoms with Crippen LogP contribution in [0.2, 0.25) is 0 Å². The minimum Gasteiger partial charge on any atom is -0.392 e. The van der Waals surface area contributed by atoms with Crippen molar-refractivity contribution in [3.63, 3.8) is 0 Å². The van der Waals surface area contributed by atoms with E-state index >= 15 is 0 Å². The van der Waals surface area contributed by atoms with E-state index in [0.29, 0.717) is 6.54 Å². The van der Waals surface area contributed by atoms with E-state index in [4.69, 9.17) is 9.47 Å². The molecule has 0 aromatic heterocycles. The van der Waals surface area contributed by atoms with E-state index in [1.807, 2.05) is 24.3 Å². The van der Waals surface area contributed by atoms with Crippen LogP contribution in [0.5, 0.6) is 0 Å². The van der Waals surface area contributed by atoms with E-state index in [1.165, 1.54) is 12.5 Å². The predicted octanol–water partition coefficient (Wildman–Crippen LogP) is 6.09. The molecule has 4 aromatic rings. The third kappa shape index (κ3) is 8.10. The average Bonchev–Trinajstić information content (AvgIpc) is 3.10. The number of carbonyl (C=O) groups is 1. The molecule has 0 saturated carbocycles. The summed E-state index contributed by atoms with van der Waals surface area (Å²) in [5.41, 5.74) is 7.52. The maximum Gasteiger partial charge on any atom is 0.217 e. The normalized spacial score (nSPS) is 22.4. The Hall–Kier alpha value is -3.85. The Morgan fingerprint density at radius 3 is 2.15 bits per heavy atom. The highest BCUT2D eigenvalue weighted by atomic mass is 16.7. The topological polar surface area (TPSA) is 74.3 Å². The van der Waals surface area contributed by atoms with Gasteiger partial charge in [0.15, 0.2) is 6.29 Å². The zero-order chi connectivity index (χ0) is 31.9. The average molecular weight is 620 g/mol. The number of hydrogen-bond donors (Lipinski definition) is 2. The second-order valence-corrected chi connectivity index (χ2v) is 12.6. The summed E-state index contributed by atoms with van der Waals surface area (Å²) in [6, 6.07) is 35.5. The molecule has 6 rings (SSSR count). The fraction of sp³-hybridized carbons (Fsp3) is 0.359. The molecule has 0 aliphatic carbocycles. The van der Waals surface area contributed by atoms with E-state index in [2.05, 4.69) is 101 Å². The van der Waals surface area contributed by atoms with Crippen molar-refractivity contribution in [3.05, 3.63) is 131 Å². The van der Waals surface area contributed by atoms with Gasteiger partial charge in [-0.25, -0.2) is 0 Å². The lowest BCUT2D eigenvalue weighted by molar-refractivity contribution is -0.276. The van der Waals surface area contributed by atoms with Crippen molar-refractivity contribution in [3.8, 4) is 11.1 Å². The summed E-state index contributed by atoms with van der Waals surface area (Å²) in [7, 11) is 0. The first kappa shape index (κ1) is 32.1. The van der Waals surface area contributed by atoms with E-state index in [0.717, 1.165) is 72.6 Å². The van der Waals surface area contributed by atoms with Crippen LogP contribution < -0.4 is 5.32 Å². The van der Waals surface area contributed by atoms with Crippen LogP contribution >= 0.6 is 0 Å². The molecule has 7 heteroatoms. The van der Waals surface area contributed by atoms with Crippen molar-refractivity contribution in [2.45, 2.75) is 52.0 Å². The second kappa shape index (κ2) is 15.2. The number of hydrogen-bond acceptors (Lipinski definition) is 6. The number of nitrogens with one attached hydrogen (secondary N) is 1. The van der Waals surface area contributed by atoms with Crippen molar-refractivity contribution in [2.24, 2.45) is 5.92 Å². The maximum atomic E-state index is 11.5. The van der Waals surface area contributed by atoms with E-state index in [-0.39, 0.29) is 30.6 Å². The number of amides is 1. The smallest absolute Gasteiger partial charge is 0.217 e. The first-order chi connectivity index (χ1) is 22.4. The van der Waals surface area contributed by atoms with Crippen molar-refractivity contribution in [2.75, 3.05) is 32.7 Å². The largest absolute Gasteiger partial charge is 0.392 e. The molecule has 0 bridgehead atoms. The fourth-order valence-electron chi connectivity index (χ4n) is 6.51. The molecule has 0 spiro atoms. The van der Waals surface area contributed by atoms with Gasteiger partial charge in [-0.05, 0) is 45.5 Å². The molecule has 2 aliphatic rings. The van der Waals surface area contributed by atoms with Gasteiger partial charge in [0.1, 0.15) is 0 Å². The zero-order valence-electron chi connectivity index (χ0n) is 26.8. The van der Waals surface area contributed by atoms with E-state index in [9.17, 15) is 9.90 Å². The number of carbonyl (C=O) groups excluding carboxylic acids is 1. The monoisotopic (exact) mass is 619 g/mol. The summed E-state index contributed by atoms with van der Waals surface area (Å²) < 4.78 is 13.6. The molecule has 2 fully saturated rings. The molecule has 4 atom stereocenters. The highest BCUT2D eigenvalue weighted by Crippen LogP contribution is 2.42. The summed E-state index contributed by atoms with van der Waals surface area (Å²) in [6.45, 7) is 10.2. The summed E-state index contributed by atoms with van der Waals surface area (Å²) in [5.74, 6) is 0.0876. The minimum absolute atomic E-state index is 0.0186. The number of aliphatic hydroxyl groups is 1. The molecule has 4 aromatic carbocycles. The third-order valence-electron chi connectivity index (χ3n) is 9.24. The molecule has 1 amide bonds. The molecular weight excluding hydrogens is 574 g/mol. The van der Waals surface area contributed by atoms with Crippen LogP contribution in [0.25, 0.3) is 11.1 Å². The highest BCUT2D eigenvalue weighted by Gasteiger charge is 2.39. The third-order valence-corrected chi connectivity index (χ3v) is 9.24. The zero-order valence-corrected chi connectivity index (χ0v) is 26.8. The van der Waals surface area contributed by atoms with Gasteiger partial charge in [0, 0.05) is 64.2 Å². The van der Waals surface area contributed by atoms with Gasteiger partial charge >= 0.3 is 0 Å². The van der Waals surface area contributed by atoms with Gasteiger partial charge in [0.2, 0.25) is 5.91 Å². The van der Waals surface area contributed by atoms with Crippen LogP contribution in [0.15, 0.2) is 103 Å². The lowest BCUT2D eigenvalue weighted by Crippen LogP contribution is -2.51. The van der Waals surface area contributed by atoms with Crippen LogP contribution in [0.3, 0.4) is 0 Å². The van der Waals surface area contributed by atoms with Gasteiger partial charge in [-0.15, -0.1) is 0 Å². The number of ether oxygens (including phenoxy) is 2.